The zero-order valence-corrected chi connectivity index (χ0v) is 9.56. The molecular formula is C12H17NO3. The maximum atomic E-state index is 11.6. The van der Waals surface area contributed by atoms with Crippen LogP contribution in [0.5, 0.6) is 0 Å². The smallest absolute Gasteiger partial charge is 0.340 e. The molecule has 88 valence electrons. The van der Waals surface area contributed by atoms with E-state index >= 15 is 0 Å². The highest BCUT2D eigenvalue weighted by Crippen LogP contribution is 2.13. The van der Waals surface area contributed by atoms with Gasteiger partial charge in [-0.25, -0.2) is 4.79 Å². The molecular weight excluding hydrogens is 206 g/mol. The van der Waals surface area contributed by atoms with E-state index in [2.05, 4.69) is 0 Å². The summed E-state index contributed by atoms with van der Waals surface area (Å²) in [6, 6.07) is 6.74. The lowest BCUT2D eigenvalue weighted by molar-refractivity contribution is 0.0245. The van der Waals surface area contributed by atoms with Gasteiger partial charge in [0.05, 0.1) is 17.8 Å². The summed E-state index contributed by atoms with van der Waals surface area (Å²) in [6.45, 7) is 3.51. The number of rotatable bonds is 4. The van der Waals surface area contributed by atoms with Crippen LogP contribution in [0.25, 0.3) is 0 Å². The molecule has 16 heavy (non-hydrogen) atoms. The van der Waals surface area contributed by atoms with Gasteiger partial charge in [-0.3, -0.25) is 0 Å². The first-order valence-electron chi connectivity index (χ1n) is 5.14. The monoisotopic (exact) mass is 223 g/mol. The number of hydrogen-bond donors (Lipinski definition) is 2. The summed E-state index contributed by atoms with van der Waals surface area (Å²) in [7, 11) is 0. The van der Waals surface area contributed by atoms with E-state index in [9.17, 15) is 9.90 Å². The van der Waals surface area contributed by atoms with Gasteiger partial charge in [-0.2, -0.15) is 0 Å². The first-order chi connectivity index (χ1) is 7.40. The fourth-order valence-corrected chi connectivity index (χ4v) is 1.15. The second-order valence-corrected chi connectivity index (χ2v) is 4.29. The van der Waals surface area contributed by atoms with Gasteiger partial charge >= 0.3 is 5.97 Å². The topological polar surface area (TPSA) is 72.5 Å². The molecule has 0 aromatic heterocycles. The van der Waals surface area contributed by atoms with Crippen molar-refractivity contribution in [2.24, 2.45) is 0 Å². The predicted molar refractivity (Wildman–Crippen MR) is 62.1 cm³/mol. The highest BCUT2D eigenvalue weighted by Gasteiger charge is 2.15. The van der Waals surface area contributed by atoms with Crippen LogP contribution in [0, 0.1) is 0 Å². The van der Waals surface area contributed by atoms with E-state index in [-0.39, 0.29) is 6.61 Å². The molecule has 0 aliphatic rings. The molecule has 0 atom stereocenters. The van der Waals surface area contributed by atoms with Crippen molar-refractivity contribution in [3.8, 4) is 0 Å². The SMILES string of the molecule is CC(C)(O)CCOC(=O)c1ccccc1N. The first kappa shape index (κ1) is 12.5. The van der Waals surface area contributed by atoms with Gasteiger partial charge in [0.1, 0.15) is 0 Å². The molecule has 0 aliphatic heterocycles. The van der Waals surface area contributed by atoms with E-state index in [4.69, 9.17) is 10.5 Å². The van der Waals surface area contributed by atoms with Crippen molar-refractivity contribution < 1.29 is 14.6 Å². The maximum absolute atomic E-state index is 11.6. The zero-order valence-electron chi connectivity index (χ0n) is 9.56. The van der Waals surface area contributed by atoms with E-state index in [1.54, 1.807) is 38.1 Å². The summed E-state index contributed by atoms with van der Waals surface area (Å²) in [5.41, 5.74) is 5.56. The Morgan fingerprint density at radius 2 is 2.06 bits per heavy atom. The van der Waals surface area contributed by atoms with E-state index in [0.717, 1.165) is 0 Å². The van der Waals surface area contributed by atoms with Gasteiger partial charge in [0.15, 0.2) is 0 Å². The number of ether oxygens (including phenoxy) is 1. The summed E-state index contributed by atoms with van der Waals surface area (Å²) in [5, 5.41) is 9.44. The lowest BCUT2D eigenvalue weighted by atomic mass is 10.1. The predicted octanol–water partition coefficient (Wildman–Crippen LogP) is 1.59. The number of esters is 1. The van der Waals surface area contributed by atoms with Crippen molar-refractivity contribution in [2.45, 2.75) is 25.9 Å². The lowest BCUT2D eigenvalue weighted by Gasteiger charge is -2.16. The molecule has 0 saturated carbocycles. The Labute approximate surface area is 95.0 Å². The molecule has 0 amide bonds. The second-order valence-electron chi connectivity index (χ2n) is 4.29. The van der Waals surface area contributed by atoms with Crippen LogP contribution in [0.3, 0.4) is 0 Å². The molecule has 0 spiro atoms. The molecule has 1 rings (SSSR count). The molecule has 0 heterocycles. The normalized spacial score (nSPS) is 11.2. The standard InChI is InChI=1S/C12H17NO3/c1-12(2,15)7-8-16-11(14)9-5-3-4-6-10(9)13/h3-6,15H,7-8,13H2,1-2H3. The van der Waals surface area contributed by atoms with Crippen LogP contribution in [-0.2, 0) is 4.74 Å². The highest BCUT2D eigenvalue weighted by molar-refractivity contribution is 5.94. The van der Waals surface area contributed by atoms with Crippen LogP contribution in [-0.4, -0.2) is 23.3 Å². The first-order valence-corrected chi connectivity index (χ1v) is 5.14. The fourth-order valence-electron chi connectivity index (χ4n) is 1.15. The molecule has 3 N–H and O–H groups in total. The molecule has 4 heteroatoms. The van der Waals surface area contributed by atoms with Crippen LogP contribution >= 0.6 is 0 Å². The van der Waals surface area contributed by atoms with Gasteiger partial charge in [0.2, 0.25) is 0 Å². The number of hydrogen-bond acceptors (Lipinski definition) is 4. The lowest BCUT2D eigenvalue weighted by Crippen LogP contribution is -2.22. The molecule has 0 bridgehead atoms. The quantitative estimate of drug-likeness (QED) is 0.600. The number of carbonyl (C=O) groups is 1. The number of aliphatic hydroxyl groups is 1. The van der Waals surface area contributed by atoms with Crippen molar-refractivity contribution in [1.82, 2.24) is 0 Å². The molecule has 0 unspecified atom stereocenters. The Kier molecular flexibility index (Phi) is 3.90. The maximum Gasteiger partial charge on any atom is 0.340 e. The summed E-state index contributed by atoms with van der Waals surface area (Å²) in [4.78, 5) is 11.6. The summed E-state index contributed by atoms with van der Waals surface area (Å²) < 4.78 is 5.01. The fraction of sp³-hybridized carbons (Fsp3) is 0.417. The molecule has 0 fully saturated rings. The van der Waals surface area contributed by atoms with E-state index in [1.807, 2.05) is 0 Å². The van der Waals surface area contributed by atoms with Crippen molar-refractivity contribution in [3.63, 3.8) is 0 Å². The van der Waals surface area contributed by atoms with E-state index in [1.165, 1.54) is 0 Å². The van der Waals surface area contributed by atoms with Crippen LogP contribution in [0.4, 0.5) is 5.69 Å². The van der Waals surface area contributed by atoms with Gasteiger partial charge in [0.25, 0.3) is 0 Å². The summed E-state index contributed by atoms with van der Waals surface area (Å²) >= 11 is 0. The number of carbonyl (C=O) groups excluding carboxylic acids is 1. The Hall–Kier alpha value is -1.55. The van der Waals surface area contributed by atoms with Crippen LogP contribution in [0.1, 0.15) is 30.6 Å². The Morgan fingerprint density at radius 1 is 1.44 bits per heavy atom. The van der Waals surface area contributed by atoms with Crippen LogP contribution in [0.2, 0.25) is 0 Å². The Morgan fingerprint density at radius 3 is 2.62 bits per heavy atom. The number of nitrogens with two attached hydrogens (primary N) is 1. The zero-order chi connectivity index (χ0) is 12.2. The number of anilines is 1. The minimum absolute atomic E-state index is 0.177. The van der Waals surface area contributed by atoms with Gasteiger partial charge in [-0.15, -0.1) is 0 Å². The van der Waals surface area contributed by atoms with Crippen molar-refractivity contribution in [2.75, 3.05) is 12.3 Å². The molecule has 0 aliphatic carbocycles. The third-order valence-corrected chi connectivity index (χ3v) is 2.13. The minimum Gasteiger partial charge on any atom is -0.462 e. The van der Waals surface area contributed by atoms with Crippen LogP contribution in [0.15, 0.2) is 24.3 Å². The average molecular weight is 223 g/mol. The Bertz CT molecular complexity index is 369. The molecule has 0 saturated heterocycles. The number of nitrogen functional groups attached to an aromatic ring is 1. The second kappa shape index (κ2) is 4.99. The van der Waals surface area contributed by atoms with Crippen molar-refractivity contribution >= 4 is 11.7 Å². The Balaban J connectivity index is 2.51. The van der Waals surface area contributed by atoms with Crippen molar-refractivity contribution in [1.29, 1.82) is 0 Å². The third-order valence-electron chi connectivity index (χ3n) is 2.13. The number of para-hydroxylation sites is 1. The highest BCUT2D eigenvalue weighted by atomic mass is 16.5. The van der Waals surface area contributed by atoms with Gasteiger partial charge in [-0.1, -0.05) is 12.1 Å². The van der Waals surface area contributed by atoms with Gasteiger partial charge in [0, 0.05) is 12.1 Å². The molecule has 1 aromatic carbocycles. The molecule has 0 radical (unpaired) electrons. The number of benzene rings is 1. The molecule has 1 aromatic rings. The van der Waals surface area contributed by atoms with Gasteiger partial charge in [-0.05, 0) is 26.0 Å². The van der Waals surface area contributed by atoms with Crippen LogP contribution < -0.4 is 5.73 Å². The van der Waals surface area contributed by atoms with Gasteiger partial charge < -0.3 is 15.6 Å². The molecule has 4 nitrogen and oxygen atoms in total. The van der Waals surface area contributed by atoms with E-state index < -0.39 is 11.6 Å². The average Bonchev–Trinajstić information content (AvgIpc) is 2.16. The largest absolute Gasteiger partial charge is 0.462 e. The minimum atomic E-state index is -0.831. The summed E-state index contributed by atoms with van der Waals surface area (Å²) in [5.74, 6) is -0.456. The third kappa shape index (κ3) is 3.90. The van der Waals surface area contributed by atoms with E-state index in [0.29, 0.717) is 17.7 Å². The van der Waals surface area contributed by atoms with Crippen molar-refractivity contribution in [3.05, 3.63) is 29.8 Å². The summed E-state index contributed by atoms with van der Waals surface area (Å²) in [6.07, 6.45) is 0.394.